The van der Waals surface area contributed by atoms with Crippen molar-refractivity contribution in [1.82, 2.24) is 14.7 Å². The smallest absolute Gasteiger partial charge is 0.235 e. The molecule has 2 aromatic rings. The Hall–Kier alpha value is -1.75. The van der Waals surface area contributed by atoms with E-state index in [1.807, 2.05) is 29.6 Å². The monoisotopic (exact) mass is 343 g/mol. The summed E-state index contributed by atoms with van der Waals surface area (Å²) in [6.45, 7) is 5.67. The third kappa shape index (κ3) is 3.36. The number of carbonyl (C=O) groups excluding carboxylic acids is 1. The minimum absolute atomic E-state index is 0.0418. The van der Waals surface area contributed by atoms with Crippen LogP contribution in [0.15, 0.2) is 30.3 Å². The molecule has 3 rings (SSSR count). The van der Waals surface area contributed by atoms with Crippen LogP contribution in [0, 0.1) is 0 Å². The molecule has 0 saturated carbocycles. The zero-order chi connectivity index (χ0) is 17.1. The van der Waals surface area contributed by atoms with Gasteiger partial charge in [-0.05, 0) is 19.1 Å². The van der Waals surface area contributed by atoms with Crippen molar-refractivity contribution in [3.05, 3.63) is 41.6 Å². The van der Waals surface area contributed by atoms with Crippen LogP contribution < -0.4 is 0 Å². The summed E-state index contributed by atoms with van der Waals surface area (Å²) in [4.78, 5) is 14.6. The standard InChI is InChI=1S/C19H25N3OS/c1-4-24-14(2)19(23)22-12-10-16-17(11-13-22)20-21(3)18(16)15-8-6-5-7-9-15/h5-9,14H,4,10-13H2,1-3H3. The van der Waals surface area contributed by atoms with Gasteiger partial charge in [-0.2, -0.15) is 5.10 Å². The van der Waals surface area contributed by atoms with Crippen LogP contribution in [0.4, 0.5) is 0 Å². The van der Waals surface area contributed by atoms with Crippen molar-refractivity contribution < 1.29 is 4.79 Å². The molecule has 0 bridgehead atoms. The molecular weight excluding hydrogens is 318 g/mol. The van der Waals surface area contributed by atoms with E-state index in [1.54, 1.807) is 11.8 Å². The van der Waals surface area contributed by atoms with Crippen molar-refractivity contribution >= 4 is 17.7 Å². The summed E-state index contributed by atoms with van der Waals surface area (Å²) in [7, 11) is 2.01. The average molecular weight is 343 g/mol. The van der Waals surface area contributed by atoms with Gasteiger partial charge < -0.3 is 4.90 Å². The number of hydrogen-bond acceptors (Lipinski definition) is 3. The molecular formula is C19H25N3OS. The maximum Gasteiger partial charge on any atom is 0.235 e. The summed E-state index contributed by atoms with van der Waals surface area (Å²) in [6.07, 6.45) is 1.72. The molecule has 1 unspecified atom stereocenters. The van der Waals surface area contributed by atoms with Crippen LogP contribution in [0.25, 0.3) is 11.3 Å². The van der Waals surface area contributed by atoms with E-state index in [0.717, 1.165) is 37.4 Å². The maximum atomic E-state index is 12.6. The Kier molecular flexibility index (Phi) is 5.29. The Labute approximate surface area is 148 Å². The highest BCUT2D eigenvalue weighted by molar-refractivity contribution is 8.00. The number of aromatic nitrogens is 2. The van der Waals surface area contributed by atoms with E-state index < -0.39 is 0 Å². The van der Waals surface area contributed by atoms with E-state index in [1.165, 1.54) is 16.8 Å². The van der Waals surface area contributed by atoms with E-state index in [4.69, 9.17) is 5.10 Å². The van der Waals surface area contributed by atoms with E-state index >= 15 is 0 Å². The highest BCUT2D eigenvalue weighted by Gasteiger charge is 2.26. The molecule has 1 aliphatic rings. The third-order valence-electron chi connectivity index (χ3n) is 4.60. The zero-order valence-corrected chi connectivity index (χ0v) is 15.5. The van der Waals surface area contributed by atoms with Crippen LogP contribution in [-0.2, 0) is 24.7 Å². The second kappa shape index (κ2) is 7.43. The molecule has 1 aliphatic heterocycles. The minimum atomic E-state index is 0.0418. The largest absolute Gasteiger partial charge is 0.341 e. The van der Waals surface area contributed by atoms with Gasteiger partial charge in [-0.1, -0.05) is 37.3 Å². The van der Waals surface area contributed by atoms with E-state index in [2.05, 4.69) is 31.2 Å². The third-order valence-corrected chi connectivity index (χ3v) is 5.64. The predicted octanol–water partition coefficient (Wildman–Crippen LogP) is 3.16. The van der Waals surface area contributed by atoms with E-state index in [9.17, 15) is 4.79 Å². The first-order chi connectivity index (χ1) is 11.6. The van der Waals surface area contributed by atoms with Gasteiger partial charge in [0.2, 0.25) is 5.91 Å². The number of amides is 1. The Morgan fingerprint density at radius 2 is 1.96 bits per heavy atom. The number of carbonyl (C=O) groups is 1. The number of nitrogens with zero attached hydrogens (tertiary/aromatic N) is 3. The van der Waals surface area contributed by atoms with Crippen molar-refractivity contribution in [2.75, 3.05) is 18.8 Å². The van der Waals surface area contributed by atoms with Gasteiger partial charge in [0, 0.05) is 37.7 Å². The van der Waals surface area contributed by atoms with Crippen LogP contribution in [0.1, 0.15) is 25.1 Å². The fraction of sp³-hybridized carbons (Fsp3) is 0.474. The molecule has 4 nitrogen and oxygen atoms in total. The van der Waals surface area contributed by atoms with Crippen molar-refractivity contribution in [1.29, 1.82) is 0 Å². The molecule has 0 N–H and O–H groups in total. The molecule has 0 saturated heterocycles. The van der Waals surface area contributed by atoms with Gasteiger partial charge in [-0.15, -0.1) is 11.8 Å². The molecule has 5 heteroatoms. The van der Waals surface area contributed by atoms with Crippen LogP contribution in [0.3, 0.4) is 0 Å². The lowest BCUT2D eigenvalue weighted by Gasteiger charge is -2.23. The van der Waals surface area contributed by atoms with Crippen molar-refractivity contribution in [3.8, 4) is 11.3 Å². The highest BCUT2D eigenvalue weighted by atomic mass is 32.2. The predicted molar refractivity (Wildman–Crippen MR) is 100 cm³/mol. The first-order valence-corrected chi connectivity index (χ1v) is 9.67. The van der Waals surface area contributed by atoms with Crippen LogP contribution >= 0.6 is 11.8 Å². The van der Waals surface area contributed by atoms with E-state index in [-0.39, 0.29) is 11.2 Å². The molecule has 24 heavy (non-hydrogen) atoms. The summed E-state index contributed by atoms with van der Waals surface area (Å²) < 4.78 is 1.99. The van der Waals surface area contributed by atoms with Crippen LogP contribution in [0.2, 0.25) is 0 Å². The summed E-state index contributed by atoms with van der Waals surface area (Å²) in [5.74, 6) is 1.24. The molecule has 0 aliphatic carbocycles. The van der Waals surface area contributed by atoms with Crippen molar-refractivity contribution in [2.24, 2.45) is 7.05 Å². The lowest BCUT2D eigenvalue weighted by Crippen LogP contribution is -2.38. The van der Waals surface area contributed by atoms with Gasteiger partial charge in [0.25, 0.3) is 0 Å². The quantitative estimate of drug-likeness (QED) is 0.856. The second-order valence-corrected chi connectivity index (χ2v) is 7.80. The van der Waals surface area contributed by atoms with Gasteiger partial charge >= 0.3 is 0 Å². The van der Waals surface area contributed by atoms with Gasteiger partial charge in [0.05, 0.1) is 16.6 Å². The maximum absolute atomic E-state index is 12.6. The summed E-state index contributed by atoms with van der Waals surface area (Å²) >= 11 is 1.72. The number of aryl methyl sites for hydroxylation is 1. The average Bonchev–Trinajstić information content (AvgIpc) is 2.77. The fourth-order valence-electron chi connectivity index (χ4n) is 3.44. The fourth-order valence-corrected chi connectivity index (χ4v) is 4.23. The van der Waals surface area contributed by atoms with E-state index in [0.29, 0.717) is 0 Å². The summed E-state index contributed by atoms with van der Waals surface area (Å²) in [5, 5.41) is 4.78. The summed E-state index contributed by atoms with van der Waals surface area (Å²) in [6, 6.07) is 10.4. The number of benzene rings is 1. The Balaban J connectivity index is 1.82. The molecule has 2 heterocycles. The molecule has 0 radical (unpaired) electrons. The van der Waals surface area contributed by atoms with Gasteiger partial charge in [-0.25, -0.2) is 0 Å². The van der Waals surface area contributed by atoms with Crippen LogP contribution in [0.5, 0.6) is 0 Å². The molecule has 1 atom stereocenters. The Bertz CT molecular complexity index is 711. The normalized spacial score (nSPS) is 15.7. The second-order valence-electron chi connectivity index (χ2n) is 6.19. The first kappa shape index (κ1) is 17.1. The Morgan fingerprint density at radius 1 is 1.25 bits per heavy atom. The zero-order valence-electron chi connectivity index (χ0n) is 14.7. The van der Waals surface area contributed by atoms with Gasteiger partial charge in [0.1, 0.15) is 0 Å². The van der Waals surface area contributed by atoms with Gasteiger partial charge in [0.15, 0.2) is 0 Å². The Morgan fingerprint density at radius 3 is 2.67 bits per heavy atom. The molecule has 1 aromatic heterocycles. The van der Waals surface area contributed by atoms with Crippen molar-refractivity contribution in [3.63, 3.8) is 0 Å². The molecule has 1 aromatic carbocycles. The molecule has 128 valence electrons. The number of fused-ring (bicyclic) bond motifs is 1. The summed E-state index contributed by atoms with van der Waals surface area (Å²) in [5.41, 5.74) is 4.83. The van der Waals surface area contributed by atoms with Gasteiger partial charge in [-0.3, -0.25) is 9.48 Å². The molecule has 0 spiro atoms. The first-order valence-electron chi connectivity index (χ1n) is 8.62. The van der Waals surface area contributed by atoms with Crippen LogP contribution in [-0.4, -0.2) is 44.7 Å². The number of rotatable bonds is 4. The number of hydrogen-bond donors (Lipinski definition) is 0. The molecule has 1 amide bonds. The lowest BCUT2D eigenvalue weighted by atomic mass is 10.0. The minimum Gasteiger partial charge on any atom is -0.341 e. The highest BCUT2D eigenvalue weighted by Crippen LogP contribution is 2.28. The SMILES string of the molecule is CCSC(C)C(=O)N1CCc2nn(C)c(-c3ccccc3)c2CC1. The molecule has 0 fully saturated rings. The topological polar surface area (TPSA) is 38.1 Å². The van der Waals surface area contributed by atoms with Crippen molar-refractivity contribution in [2.45, 2.75) is 31.9 Å². The lowest BCUT2D eigenvalue weighted by molar-refractivity contribution is -0.130. The number of thioether (sulfide) groups is 1.